The number of imidazole rings is 1. The lowest BCUT2D eigenvalue weighted by Crippen LogP contribution is -2.25. The van der Waals surface area contributed by atoms with Crippen LogP contribution in [-0.4, -0.2) is 26.5 Å². The van der Waals surface area contributed by atoms with E-state index in [0.717, 1.165) is 18.7 Å². The maximum absolute atomic E-state index is 11.5. The van der Waals surface area contributed by atoms with Gasteiger partial charge in [-0.3, -0.25) is 4.79 Å². The monoisotopic (exact) mass is 273 g/mol. The third kappa shape index (κ3) is 1.93. The van der Waals surface area contributed by atoms with Crippen molar-refractivity contribution in [3.05, 3.63) is 29.6 Å². The fourth-order valence-electron chi connectivity index (χ4n) is 2.41. The average Bonchev–Trinajstić information content (AvgIpc) is 3.17. The Balaban J connectivity index is 2.25. The lowest BCUT2D eigenvalue weighted by atomic mass is 10.2. The maximum atomic E-state index is 11.5. The van der Waals surface area contributed by atoms with Crippen molar-refractivity contribution in [2.24, 2.45) is 5.73 Å². The van der Waals surface area contributed by atoms with Gasteiger partial charge in [-0.25, -0.2) is 9.78 Å². The van der Waals surface area contributed by atoms with Gasteiger partial charge >= 0.3 is 5.97 Å². The van der Waals surface area contributed by atoms with Crippen LogP contribution in [0.25, 0.3) is 11.0 Å². The van der Waals surface area contributed by atoms with Crippen LogP contribution in [0.1, 0.15) is 47.9 Å². The Morgan fingerprint density at radius 3 is 2.70 bits per heavy atom. The van der Waals surface area contributed by atoms with Crippen molar-refractivity contribution in [3.8, 4) is 0 Å². The molecule has 1 saturated carbocycles. The van der Waals surface area contributed by atoms with Crippen LogP contribution in [0.3, 0.4) is 0 Å². The molecule has 2 aromatic rings. The maximum Gasteiger partial charge on any atom is 0.335 e. The molecule has 1 aliphatic carbocycles. The van der Waals surface area contributed by atoms with E-state index < -0.39 is 17.9 Å². The van der Waals surface area contributed by atoms with Crippen molar-refractivity contribution in [1.29, 1.82) is 0 Å². The van der Waals surface area contributed by atoms with Crippen LogP contribution in [0.4, 0.5) is 0 Å². The largest absolute Gasteiger partial charge is 0.478 e. The Morgan fingerprint density at radius 1 is 1.45 bits per heavy atom. The van der Waals surface area contributed by atoms with Crippen LogP contribution in [0.5, 0.6) is 0 Å². The van der Waals surface area contributed by atoms with Gasteiger partial charge in [0.1, 0.15) is 11.9 Å². The Kier molecular flexibility index (Phi) is 2.74. The summed E-state index contributed by atoms with van der Waals surface area (Å²) in [5.74, 6) is -0.280. The van der Waals surface area contributed by atoms with Crippen LogP contribution >= 0.6 is 0 Å². The summed E-state index contributed by atoms with van der Waals surface area (Å²) in [6.07, 6.45) is 2.08. The van der Waals surface area contributed by atoms with Crippen LogP contribution in [0.15, 0.2) is 18.2 Å². The first-order chi connectivity index (χ1) is 9.49. The van der Waals surface area contributed by atoms with Gasteiger partial charge in [0.15, 0.2) is 0 Å². The Hall–Kier alpha value is -2.37. The first-order valence-corrected chi connectivity index (χ1v) is 6.53. The normalized spacial score (nSPS) is 16.2. The van der Waals surface area contributed by atoms with E-state index in [2.05, 4.69) is 4.98 Å². The second kappa shape index (κ2) is 4.33. The van der Waals surface area contributed by atoms with Gasteiger partial charge in [-0.2, -0.15) is 0 Å². The summed E-state index contributed by atoms with van der Waals surface area (Å²) >= 11 is 0. The number of carbonyl (C=O) groups excluding carboxylic acids is 1. The molecule has 1 atom stereocenters. The number of amides is 1. The molecule has 1 aromatic carbocycles. The number of hydrogen-bond acceptors (Lipinski definition) is 3. The molecule has 1 amide bonds. The Morgan fingerprint density at radius 2 is 2.15 bits per heavy atom. The topological polar surface area (TPSA) is 98.2 Å². The molecule has 20 heavy (non-hydrogen) atoms. The molecule has 1 aliphatic rings. The van der Waals surface area contributed by atoms with Gasteiger partial charge in [0, 0.05) is 5.92 Å². The minimum absolute atomic E-state index is 0.178. The summed E-state index contributed by atoms with van der Waals surface area (Å²) in [5, 5.41) is 9.09. The number of aromatic carboxylic acids is 1. The van der Waals surface area contributed by atoms with Crippen molar-refractivity contribution >= 4 is 22.9 Å². The molecule has 0 aliphatic heterocycles. The molecule has 1 fully saturated rings. The van der Waals surface area contributed by atoms with E-state index in [-0.39, 0.29) is 5.56 Å². The molecule has 6 heteroatoms. The van der Waals surface area contributed by atoms with Crippen molar-refractivity contribution in [2.75, 3.05) is 0 Å². The zero-order valence-corrected chi connectivity index (χ0v) is 11.0. The highest BCUT2D eigenvalue weighted by Gasteiger charge is 2.32. The van der Waals surface area contributed by atoms with Crippen LogP contribution < -0.4 is 5.73 Å². The highest BCUT2D eigenvalue weighted by Crippen LogP contribution is 2.41. The second-order valence-corrected chi connectivity index (χ2v) is 5.20. The molecule has 0 radical (unpaired) electrons. The average molecular weight is 273 g/mol. The molecule has 3 N–H and O–H groups in total. The minimum atomic E-state index is -1.00. The number of hydrogen-bond donors (Lipinski definition) is 2. The van der Waals surface area contributed by atoms with Crippen molar-refractivity contribution in [3.63, 3.8) is 0 Å². The molecule has 0 saturated heterocycles. The predicted molar refractivity (Wildman–Crippen MR) is 72.6 cm³/mol. The van der Waals surface area contributed by atoms with E-state index in [1.54, 1.807) is 23.6 Å². The van der Waals surface area contributed by atoms with Gasteiger partial charge in [-0.1, -0.05) is 0 Å². The molecular formula is C14H15N3O3. The quantitative estimate of drug-likeness (QED) is 0.885. The molecule has 0 spiro atoms. The molecule has 0 bridgehead atoms. The fourth-order valence-corrected chi connectivity index (χ4v) is 2.41. The first-order valence-electron chi connectivity index (χ1n) is 6.53. The van der Waals surface area contributed by atoms with Gasteiger partial charge in [0.05, 0.1) is 16.6 Å². The van der Waals surface area contributed by atoms with E-state index in [1.165, 1.54) is 6.07 Å². The zero-order chi connectivity index (χ0) is 14.4. The predicted octanol–water partition coefficient (Wildman–Crippen LogP) is 1.66. The lowest BCUT2D eigenvalue weighted by molar-refractivity contribution is -0.120. The number of aromatic nitrogens is 2. The van der Waals surface area contributed by atoms with E-state index in [0.29, 0.717) is 17.0 Å². The third-order valence-electron chi connectivity index (χ3n) is 3.71. The number of rotatable bonds is 4. The molecule has 3 rings (SSSR count). The third-order valence-corrected chi connectivity index (χ3v) is 3.71. The van der Waals surface area contributed by atoms with E-state index in [9.17, 15) is 9.59 Å². The van der Waals surface area contributed by atoms with Gasteiger partial charge in [0.25, 0.3) is 0 Å². The Labute approximate surface area is 115 Å². The summed E-state index contributed by atoms with van der Waals surface area (Å²) in [6.45, 7) is 1.71. The standard InChI is InChI=1S/C14H15N3O3/c1-7(12(15)18)17-11-6-9(14(19)20)4-5-10(11)16-13(17)8-2-3-8/h4-8H,2-3H2,1H3,(H2,15,18)(H,19,20). The van der Waals surface area contributed by atoms with E-state index in [4.69, 9.17) is 10.8 Å². The van der Waals surface area contributed by atoms with Gasteiger partial charge < -0.3 is 15.4 Å². The SMILES string of the molecule is CC(C(N)=O)n1c(C2CC2)nc2ccc(C(=O)O)cc21. The summed E-state index contributed by atoms with van der Waals surface area (Å²) in [7, 11) is 0. The number of benzene rings is 1. The molecule has 6 nitrogen and oxygen atoms in total. The number of nitrogens with two attached hydrogens (primary N) is 1. The lowest BCUT2D eigenvalue weighted by Gasteiger charge is -2.14. The number of nitrogens with zero attached hydrogens (tertiary/aromatic N) is 2. The van der Waals surface area contributed by atoms with Gasteiger partial charge in [-0.15, -0.1) is 0 Å². The highest BCUT2D eigenvalue weighted by atomic mass is 16.4. The van der Waals surface area contributed by atoms with E-state index >= 15 is 0 Å². The number of carbonyl (C=O) groups is 2. The number of carboxylic acids is 1. The second-order valence-electron chi connectivity index (χ2n) is 5.20. The molecule has 1 heterocycles. The van der Waals surface area contributed by atoms with Crippen molar-refractivity contribution in [1.82, 2.24) is 9.55 Å². The summed E-state index contributed by atoms with van der Waals surface area (Å²) in [5.41, 5.74) is 6.93. The smallest absolute Gasteiger partial charge is 0.335 e. The molecule has 1 unspecified atom stereocenters. The summed E-state index contributed by atoms with van der Waals surface area (Å²) in [4.78, 5) is 27.1. The summed E-state index contributed by atoms with van der Waals surface area (Å²) in [6, 6.07) is 4.21. The molecular weight excluding hydrogens is 258 g/mol. The van der Waals surface area contributed by atoms with Crippen molar-refractivity contribution < 1.29 is 14.7 Å². The fraction of sp³-hybridized carbons (Fsp3) is 0.357. The summed E-state index contributed by atoms with van der Waals surface area (Å²) < 4.78 is 1.78. The number of fused-ring (bicyclic) bond motifs is 1. The first kappa shape index (κ1) is 12.7. The van der Waals surface area contributed by atoms with Gasteiger partial charge in [0.2, 0.25) is 5.91 Å². The highest BCUT2D eigenvalue weighted by molar-refractivity contribution is 5.93. The molecule has 1 aromatic heterocycles. The van der Waals surface area contributed by atoms with Crippen LogP contribution in [0, 0.1) is 0 Å². The van der Waals surface area contributed by atoms with Crippen molar-refractivity contribution in [2.45, 2.75) is 31.7 Å². The zero-order valence-electron chi connectivity index (χ0n) is 11.0. The number of primary amides is 1. The Bertz CT molecular complexity index is 716. The number of carboxylic acid groups (broad SMARTS) is 1. The van der Waals surface area contributed by atoms with Gasteiger partial charge in [-0.05, 0) is 38.0 Å². The van der Waals surface area contributed by atoms with Crippen LogP contribution in [0.2, 0.25) is 0 Å². The van der Waals surface area contributed by atoms with E-state index in [1.807, 2.05) is 0 Å². The van der Waals surface area contributed by atoms with Crippen LogP contribution in [-0.2, 0) is 4.79 Å². The molecule has 104 valence electrons. The minimum Gasteiger partial charge on any atom is -0.478 e.